The molecule has 6 heteroatoms. The zero-order chi connectivity index (χ0) is 15.0. The standard InChI is InChI=1S/C15H16N2O4/c1-2-21-13(19)9-8-15(6-5-11(9)18)10-4-3-7-16-12(10)17-14(15)20/h3-4,7,9H,2,5-6,8H2,1H3,(H,16,17,20). The number of Topliss-reactive ketones (excluding diaryl/α,β-unsaturated/α-hetero) is 1. The van der Waals surface area contributed by atoms with Crippen LogP contribution < -0.4 is 5.32 Å². The Hall–Kier alpha value is -2.24. The number of amides is 1. The Morgan fingerprint density at radius 1 is 1.52 bits per heavy atom. The van der Waals surface area contributed by atoms with Crippen LogP contribution in [0.5, 0.6) is 0 Å². The lowest BCUT2D eigenvalue weighted by molar-refractivity contribution is -0.154. The van der Waals surface area contributed by atoms with Crippen molar-refractivity contribution in [3.05, 3.63) is 23.9 Å². The number of rotatable bonds is 2. The summed E-state index contributed by atoms with van der Waals surface area (Å²) in [6.45, 7) is 1.92. The smallest absolute Gasteiger partial charge is 0.316 e. The first kappa shape index (κ1) is 13.7. The summed E-state index contributed by atoms with van der Waals surface area (Å²) in [4.78, 5) is 40.6. The van der Waals surface area contributed by atoms with Gasteiger partial charge >= 0.3 is 5.97 Å². The third-order valence-electron chi connectivity index (χ3n) is 4.30. The van der Waals surface area contributed by atoms with Gasteiger partial charge in [-0.1, -0.05) is 6.07 Å². The maximum Gasteiger partial charge on any atom is 0.316 e. The molecular formula is C15H16N2O4. The molecule has 1 aliphatic carbocycles. The predicted octanol–water partition coefficient (Wildman–Crippen LogP) is 1.20. The maximum absolute atomic E-state index is 12.4. The second kappa shape index (κ2) is 4.95. The van der Waals surface area contributed by atoms with Crippen molar-refractivity contribution >= 4 is 23.5 Å². The van der Waals surface area contributed by atoms with Gasteiger partial charge < -0.3 is 10.1 Å². The Balaban J connectivity index is 1.97. The molecule has 1 aromatic rings. The fraction of sp³-hybridized carbons (Fsp3) is 0.467. The summed E-state index contributed by atoms with van der Waals surface area (Å²) in [6, 6.07) is 3.59. The van der Waals surface area contributed by atoms with Gasteiger partial charge in [-0.05, 0) is 25.8 Å². The summed E-state index contributed by atoms with van der Waals surface area (Å²) in [6.07, 6.45) is 2.38. The zero-order valence-electron chi connectivity index (χ0n) is 11.7. The number of anilines is 1. The lowest BCUT2D eigenvalue weighted by Crippen LogP contribution is -2.45. The average molecular weight is 288 g/mol. The number of carbonyl (C=O) groups excluding carboxylic acids is 3. The quantitative estimate of drug-likeness (QED) is 0.653. The summed E-state index contributed by atoms with van der Waals surface area (Å²) >= 11 is 0. The van der Waals surface area contributed by atoms with Gasteiger partial charge in [-0.3, -0.25) is 14.4 Å². The van der Waals surface area contributed by atoms with Gasteiger partial charge in [0.05, 0.1) is 12.0 Å². The minimum atomic E-state index is -0.865. The number of pyridine rings is 1. The zero-order valence-corrected chi connectivity index (χ0v) is 11.7. The molecule has 110 valence electrons. The van der Waals surface area contributed by atoms with Crippen molar-refractivity contribution in [3.63, 3.8) is 0 Å². The summed E-state index contributed by atoms with van der Waals surface area (Å²) in [5, 5.41) is 2.75. The van der Waals surface area contributed by atoms with Gasteiger partial charge in [-0.25, -0.2) is 4.98 Å². The van der Waals surface area contributed by atoms with E-state index in [4.69, 9.17) is 4.74 Å². The summed E-state index contributed by atoms with van der Waals surface area (Å²) in [5.74, 6) is -1.20. The van der Waals surface area contributed by atoms with Crippen molar-refractivity contribution in [2.24, 2.45) is 5.92 Å². The van der Waals surface area contributed by atoms with Crippen molar-refractivity contribution in [1.82, 2.24) is 4.98 Å². The monoisotopic (exact) mass is 288 g/mol. The lowest BCUT2D eigenvalue weighted by atomic mass is 9.66. The highest BCUT2D eigenvalue weighted by atomic mass is 16.5. The molecule has 2 heterocycles. The Morgan fingerprint density at radius 2 is 2.33 bits per heavy atom. The predicted molar refractivity (Wildman–Crippen MR) is 73.5 cm³/mol. The van der Waals surface area contributed by atoms with Crippen molar-refractivity contribution in [2.75, 3.05) is 11.9 Å². The summed E-state index contributed by atoms with van der Waals surface area (Å²) < 4.78 is 4.97. The van der Waals surface area contributed by atoms with Crippen molar-refractivity contribution < 1.29 is 19.1 Å². The molecule has 21 heavy (non-hydrogen) atoms. The van der Waals surface area contributed by atoms with Crippen LogP contribution >= 0.6 is 0 Å². The highest BCUT2D eigenvalue weighted by molar-refractivity contribution is 6.08. The van der Waals surface area contributed by atoms with Crippen LogP contribution in [0, 0.1) is 5.92 Å². The number of hydrogen-bond donors (Lipinski definition) is 1. The van der Waals surface area contributed by atoms with E-state index in [9.17, 15) is 14.4 Å². The first-order valence-corrected chi connectivity index (χ1v) is 7.05. The molecular weight excluding hydrogens is 272 g/mol. The van der Waals surface area contributed by atoms with Crippen LogP contribution in [0.1, 0.15) is 31.7 Å². The number of hydrogen-bond acceptors (Lipinski definition) is 5. The SMILES string of the molecule is CCOC(=O)C1CC2(CCC1=O)C(=O)Nc1ncccc12. The fourth-order valence-corrected chi connectivity index (χ4v) is 3.22. The Kier molecular flexibility index (Phi) is 3.23. The van der Waals surface area contributed by atoms with Gasteiger partial charge in [0.15, 0.2) is 0 Å². The number of fused-ring (bicyclic) bond motifs is 2. The number of carbonyl (C=O) groups is 3. The van der Waals surface area contributed by atoms with Crippen molar-refractivity contribution in [2.45, 2.75) is 31.6 Å². The number of ketones is 1. The molecule has 1 N–H and O–H groups in total. The first-order valence-electron chi connectivity index (χ1n) is 7.05. The van der Waals surface area contributed by atoms with Gasteiger partial charge in [0.1, 0.15) is 17.5 Å². The highest BCUT2D eigenvalue weighted by Crippen LogP contribution is 2.47. The number of nitrogens with zero attached hydrogens (tertiary/aromatic N) is 1. The van der Waals surface area contributed by atoms with Crippen LogP contribution in [-0.4, -0.2) is 29.3 Å². The van der Waals surface area contributed by atoms with Crippen molar-refractivity contribution in [3.8, 4) is 0 Å². The molecule has 2 aliphatic rings. The number of aromatic nitrogens is 1. The van der Waals surface area contributed by atoms with Gasteiger partial charge in [0, 0.05) is 18.2 Å². The fourth-order valence-electron chi connectivity index (χ4n) is 3.22. The molecule has 1 saturated carbocycles. The van der Waals surface area contributed by atoms with E-state index in [2.05, 4.69) is 10.3 Å². The molecule has 0 radical (unpaired) electrons. The molecule has 0 saturated heterocycles. The Labute approximate surface area is 121 Å². The van der Waals surface area contributed by atoms with Crippen LogP contribution in [0.4, 0.5) is 5.82 Å². The molecule has 0 aromatic carbocycles. The Morgan fingerprint density at radius 3 is 3.10 bits per heavy atom. The van der Waals surface area contributed by atoms with Gasteiger partial charge in [-0.2, -0.15) is 0 Å². The van der Waals surface area contributed by atoms with Crippen LogP contribution in [0.25, 0.3) is 0 Å². The molecule has 1 fully saturated rings. The minimum absolute atomic E-state index is 0.149. The maximum atomic E-state index is 12.4. The van der Waals surface area contributed by atoms with Crippen LogP contribution in [0.2, 0.25) is 0 Å². The first-order chi connectivity index (χ1) is 10.1. The highest BCUT2D eigenvalue weighted by Gasteiger charge is 2.53. The largest absolute Gasteiger partial charge is 0.465 e. The van der Waals surface area contributed by atoms with Gasteiger partial charge in [0.25, 0.3) is 0 Å². The summed E-state index contributed by atoms with van der Waals surface area (Å²) in [7, 11) is 0. The van der Waals surface area contributed by atoms with E-state index in [0.29, 0.717) is 12.2 Å². The number of esters is 1. The van der Waals surface area contributed by atoms with Crippen molar-refractivity contribution in [1.29, 1.82) is 0 Å². The molecule has 0 bridgehead atoms. The molecule has 1 amide bonds. The van der Waals surface area contributed by atoms with E-state index in [1.165, 1.54) is 0 Å². The number of nitrogens with one attached hydrogen (secondary N) is 1. The van der Waals surface area contributed by atoms with E-state index in [1.54, 1.807) is 19.2 Å². The molecule has 1 spiro atoms. The van der Waals surface area contributed by atoms with Gasteiger partial charge in [0.2, 0.25) is 5.91 Å². The molecule has 6 nitrogen and oxygen atoms in total. The third-order valence-corrected chi connectivity index (χ3v) is 4.30. The van der Waals surface area contributed by atoms with E-state index >= 15 is 0 Å². The van der Waals surface area contributed by atoms with E-state index in [-0.39, 0.29) is 31.1 Å². The van der Waals surface area contributed by atoms with E-state index in [1.807, 2.05) is 6.07 Å². The second-order valence-electron chi connectivity index (χ2n) is 5.41. The topological polar surface area (TPSA) is 85.4 Å². The third kappa shape index (κ3) is 2.02. The molecule has 1 aromatic heterocycles. The lowest BCUT2D eigenvalue weighted by Gasteiger charge is -2.34. The van der Waals surface area contributed by atoms with E-state index in [0.717, 1.165) is 5.56 Å². The molecule has 1 aliphatic heterocycles. The second-order valence-corrected chi connectivity index (χ2v) is 5.41. The summed E-state index contributed by atoms with van der Waals surface area (Å²) in [5.41, 5.74) is -0.0635. The average Bonchev–Trinajstić information content (AvgIpc) is 2.74. The molecule has 2 atom stereocenters. The van der Waals surface area contributed by atoms with Crippen LogP contribution in [0.15, 0.2) is 18.3 Å². The number of ether oxygens (including phenoxy) is 1. The van der Waals surface area contributed by atoms with Gasteiger partial charge in [-0.15, -0.1) is 0 Å². The molecule has 2 unspecified atom stereocenters. The van der Waals surface area contributed by atoms with Crippen LogP contribution in [0.3, 0.4) is 0 Å². The van der Waals surface area contributed by atoms with Crippen LogP contribution in [-0.2, 0) is 24.5 Å². The Bertz CT molecular complexity index is 628. The molecule has 3 rings (SSSR count). The van der Waals surface area contributed by atoms with E-state index < -0.39 is 17.3 Å². The normalized spacial score (nSPS) is 27.4. The minimum Gasteiger partial charge on any atom is -0.465 e.